The molecule has 0 saturated carbocycles. The third kappa shape index (κ3) is 1.65. The van der Waals surface area contributed by atoms with Crippen LogP contribution in [0.5, 0.6) is 0 Å². The first-order valence-electron chi connectivity index (χ1n) is 5.24. The van der Waals surface area contributed by atoms with E-state index in [9.17, 15) is 0 Å². The van der Waals surface area contributed by atoms with Crippen molar-refractivity contribution in [3.63, 3.8) is 0 Å². The number of rotatable bonds is 2. The highest BCUT2D eigenvalue weighted by Crippen LogP contribution is 2.32. The maximum absolute atomic E-state index is 2.27. The van der Waals surface area contributed by atoms with Crippen LogP contribution in [0.15, 0.2) is 48.1 Å². The van der Waals surface area contributed by atoms with Crippen molar-refractivity contribution in [2.45, 2.75) is 20.3 Å². The minimum Gasteiger partial charge on any atom is -0.0798 e. The van der Waals surface area contributed by atoms with Crippen molar-refractivity contribution in [3.8, 4) is 0 Å². The molecular formula is C14H16. The van der Waals surface area contributed by atoms with Gasteiger partial charge in [-0.1, -0.05) is 61.9 Å². The first-order valence-corrected chi connectivity index (χ1v) is 5.24. The van der Waals surface area contributed by atoms with Gasteiger partial charge in [-0.25, -0.2) is 0 Å². The third-order valence-electron chi connectivity index (χ3n) is 2.75. The van der Waals surface area contributed by atoms with Gasteiger partial charge in [0.15, 0.2) is 0 Å². The van der Waals surface area contributed by atoms with E-state index in [-0.39, 0.29) is 0 Å². The van der Waals surface area contributed by atoms with Gasteiger partial charge in [-0.3, -0.25) is 0 Å². The first kappa shape index (κ1) is 9.26. The van der Waals surface area contributed by atoms with Crippen LogP contribution in [0.4, 0.5) is 0 Å². The monoisotopic (exact) mass is 184 g/mol. The van der Waals surface area contributed by atoms with Crippen molar-refractivity contribution in [3.05, 3.63) is 53.6 Å². The minimum atomic E-state index is 0.653. The highest BCUT2D eigenvalue weighted by atomic mass is 14.2. The summed E-state index contributed by atoms with van der Waals surface area (Å²) in [6, 6.07) is 10.7. The van der Waals surface area contributed by atoms with Crippen LogP contribution in [0.25, 0.3) is 5.57 Å². The summed E-state index contributed by atoms with van der Waals surface area (Å²) in [6.07, 6.45) is 5.64. The predicted molar refractivity (Wildman–Crippen MR) is 62.0 cm³/mol. The van der Waals surface area contributed by atoms with E-state index >= 15 is 0 Å². The Bertz CT molecular complexity index is 366. The zero-order chi connectivity index (χ0) is 9.97. The van der Waals surface area contributed by atoms with Gasteiger partial charge in [0.25, 0.3) is 0 Å². The van der Waals surface area contributed by atoms with Crippen molar-refractivity contribution < 1.29 is 0 Å². The topological polar surface area (TPSA) is 0 Å². The molecule has 0 bridgehead atoms. The van der Waals surface area contributed by atoms with Gasteiger partial charge < -0.3 is 0 Å². The molecule has 14 heavy (non-hydrogen) atoms. The Morgan fingerprint density at radius 3 is 2.43 bits per heavy atom. The second-order valence-corrected chi connectivity index (χ2v) is 4.07. The van der Waals surface area contributed by atoms with E-state index in [0.29, 0.717) is 5.92 Å². The Kier molecular flexibility index (Phi) is 2.53. The standard InChI is InChI=1S/C14H16/c1-11(2)13-9-6-10-14(13)12-7-4-3-5-8-12/h3-8,10-11H,9H2,1-2H3. The minimum absolute atomic E-state index is 0.653. The fraction of sp³-hybridized carbons (Fsp3) is 0.286. The van der Waals surface area contributed by atoms with Gasteiger partial charge in [0, 0.05) is 0 Å². The molecule has 0 nitrogen and oxygen atoms in total. The highest BCUT2D eigenvalue weighted by molar-refractivity contribution is 5.79. The fourth-order valence-corrected chi connectivity index (χ4v) is 1.97. The van der Waals surface area contributed by atoms with Crippen LogP contribution in [0, 0.1) is 5.92 Å². The molecule has 2 rings (SSSR count). The summed E-state index contributed by atoms with van der Waals surface area (Å²) in [5.74, 6) is 0.653. The summed E-state index contributed by atoms with van der Waals surface area (Å²) in [7, 11) is 0. The van der Waals surface area contributed by atoms with Crippen molar-refractivity contribution >= 4 is 5.57 Å². The molecule has 0 heterocycles. The van der Waals surface area contributed by atoms with E-state index in [2.05, 4.69) is 56.3 Å². The van der Waals surface area contributed by atoms with Crippen molar-refractivity contribution in [2.24, 2.45) is 5.92 Å². The summed E-state index contributed by atoms with van der Waals surface area (Å²) < 4.78 is 0. The van der Waals surface area contributed by atoms with Gasteiger partial charge in [0.1, 0.15) is 0 Å². The summed E-state index contributed by atoms with van der Waals surface area (Å²) in [6.45, 7) is 4.54. The fourth-order valence-electron chi connectivity index (χ4n) is 1.97. The molecule has 0 spiro atoms. The normalized spacial score (nSPS) is 15.6. The molecule has 0 amide bonds. The van der Waals surface area contributed by atoms with Gasteiger partial charge in [-0.2, -0.15) is 0 Å². The number of hydrogen-bond acceptors (Lipinski definition) is 0. The number of hydrogen-bond donors (Lipinski definition) is 0. The molecule has 72 valence electrons. The molecule has 1 aliphatic carbocycles. The van der Waals surface area contributed by atoms with E-state index in [4.69, 9.17) is 0 Å². The molecule has 0 atom stereocenters. The molecular weight excluding hydrogens is 168 g/mol. The maximum atomic E-state index is 2.27. The Morgan fingerprint density at radius 2 is 1.79 bits per heavy atom. The molecule has 1 aromatic carbocycles. The quantitative estimate of drug-likeness (QED) is 0.650. The molecule has 0 fully saturated rings. The summed E-state index contributed by atoms with van der Waals surface area (Å²) in [5, 5.41) is 0. The molecule has 0 unspecified atom stereocenters. The second-order valence-electron chi connectivity index (χ2n) is 4.07. The van der Waals surface area contributed by atoms with Crippen molar-refractivity contribution in [1.82, 2.24) is 0 Å². The lowest BCUT2D eigenvalue weighted by Crippen LogP contribution is -1.93. The highest BCUT2D eigenvalue weighted by Gasteiger charge is 2.13. The van der Waals surface area contributed by atoms with Gasteiger partial charge in [-0.05, 0) is 23.5 Å². The second kappa shape index (κ2) is 3.83. The smallest absolute Gasteiger partial charge is 0.0124 e. The molecule has 0 saturated heterocycles. The Morgan fingerprint density at radius 1 is 1.07 bits per heavy atom. The molecule has 0 aromatic heterocycles. The van der Waals surface area contributed by atoms with Crippen LogP contribution in [-0.2, 0) is 0 Å². The van der Waals surface area contributed by atoms with Crippen LogP contribution in [0.3, 0.4) is 0 Å². The Labute approximate surface area is 86.0 Å². The zero-order valence-electron chi connectivity index (χ0n) is 8.83. The van der Waals surface area contributed by atoms with Gasteiger partial charge >= 0.3 is 0 Å². The van der Waals surface area contributed by atoms with Crippen LogP contribution >= 0.6 is 0 Å². The van der Waals surface area contributed by atoms with Crippen LogP contribution in [0.2, 0.25) is 0 Å². The van der Waals surface area contributed by atoms with Gasteiger partial charge in [-0.15, -0.1) is 0 Å². The average Bonchev–Trinajstić information content (AvgIpc) is 2.67. The van der Waals surface area contributed by atoms with E-state index in [1.165, 1.54) is 11.1 Å². The SMILES string of the molecule is CC(C)C1=C(c2ccccc2)C=CC1. The summed E-state index contributed by atoms with van der Waals surface area (Å²) >= 11 is 0. The molecule has 1 aliphatic rings. The molecule has 0 radical (unpaired) electrons. The van der Waals surface area contributed by atoms with Gasteiger partial charge in [0.2, 0.25) is 0 Å². The average molecular weight is 184 g/mol. The van der Waals surface area contributed by atoms with Crippen LogP contribution in [-0.4, -0.2) is 0 Å². The molecule has 1 aromatic rings. The van der Waals surface area contributed by atoms with E-state index < -0.39 is 0 Å². The molecule has 0 N–H and O–H groups in total. The first-order chi connectivity index (χ1) is 6.79. The van der Waals surface area contributed by atoms with Crippen LogP contribution < -0.4 is 0 Å². The predicted octanol–water partition coefficient (Wildman–Crippen LogP) is 4.06. The van der Waals surface area contributed by atoms with Gasteiger partial charge in [0.05, 0.1) is 0 Å². The lowest BCUT2D eigenvalue weighted by Gasteiger charge is -2.10. The van der Waals surface area contributed by atoms with E-state index in [1.54, 1.807) is 5.57 Å². The van der Waals surface area contributed by atoms with Crippen molar-refractivity contribution in [1.29, 1.82) is 0 Å². The third-order valence-corrected chi connectivity index (χ3v) is 2.75. The molecule has 0 heteroatoms. The Hall–Kier alpha value is -1.30. The van der Waals surface area contributed by atoms with E-state index in [0.717, 1.165) is 6.42 Å². The summed E-state index contributed by atoms with van der Waals surface area (Å²) in [5.41, 5.74) is 4.35. The van der Waals surface area contributed by atoms with Crippen molar-refractivity contribution in [2.75, 3.05) is 0 Å². The Balaban J connectivity index is 2.42. The number of allylic oxidation sites excluding steroid dienone is 4. The lowest BCUT2D eigenvalue weighted by atomic mass is 9.95. The zero-order valence-corrected chi connectivity index (χ0v) is 8.83. The molecule has 0 aliphatic heterocycles. The largest absolute Gasteiger partial charge is 0.0798 e. The summed E-state index contributed by atoms with van der Waals surface area (Å²) in [4.78, 5) is 0. The lowest BCUT2D eigenvalue weighted by molar-refractivity contribution is 0.756. The van der Waals surface area contributed by atoms with E-state index in [1.807, 2.05) is 0 Å². The number of benzene rings is 1. The maximum Gasteiger partial charge on any atom is -0.0124 e. The van der Waals surface area contributed by atoms with Crippen LogP contribution in [0.1, 0.15) is 25.8 Å².